The van der Waals surface area contributed by atoms with E-state index in [4.69, 9.17) is 11.6 Å². The fourth-order valence-corrected chi connectivity index (χ4v) is 5.57. The van der Waals surface area contributed by atoms with Gasteiger partial charge in [0.1, 0.15) is 0 Å². The van der Waals surface area contributed by atoms with E-state index in [1.165, 1.54) is 0 Å². The number of imidazole rings is 1. The minimum atomic E-state index is -0.422. The zero-order valence-electron chi connectivity index (χ0n) is 16.9. The van der Waals surface area contributed by atoms with Crippen LogP contribution in [0.3, 0.4) is 0 Å². The number of halogens is 1. The first-order chi connectivity index (χ1) is 14.6. The molecular formula is C24H26ClN3O2. The van der Waals surface area contributed by atoms with E-state index in [1.807, 2.05) is 58.0 Å². The number of amides is 1. The smallest absolute Gasteiger partial charge is 0.326 e. The second-order valence-electron chi connectivity index (χ2n) is 8.64. The lowest BCUT2D eigenvalue weighted by Crippen LogP contribution is -2.49. The van der Waals surface area contributed by atoms with E-state index in [0.717, 1.165) is 55.1 Å². The number of piperidine rings is 1. The van der Waals surface area contributed by atoms with Gasteiger partial charge in [0.2, 0.25) is 5.91 Å². The van der Waals surface area contributed by atoms with Gasteiger partial charge in [0.15, 0.2) is 0 Å². The summed E-state index contributed by atoms with van der Waals surface area (Å²) in [5.41, 5.74) is 2.42. The number of hydrogen-bond donors (Lipinski definition) is 1. The number of fused-ring (bicyclic) bond motifs is 1. The van der Waals surface area contributed by atoms with Crippen LogP contribution in [0.25, 0.3) is 11.0 Å². The first-order valence-electron chi connectivity index (χ1n) is 10.8. The zero-order chi connectivity index (χ0) is 20.7. The molecule has 2 heterocycles. The van der Waals surface area contributed by atoms with Crippen molar-refractivity contribution >= 4 is 28.5 Å². The number of benzene rings is 2. The van der Waals surface area contributed by atoms with Gasteiger partial charge in [0.25, 0.3) is 0 Å². The molecule has 0 bridgehead atoms. The summed E-state index contributed by atoms with van der Waals surface area (Å²) >= 11 is 6.09. The van der Waals surface area contributed by atoms with E-state index >= 15 is 0 Å². The number of likely N-dealkylation sites (tertiary alicyclic amines) is 1. The second kappa shape index (κ2) is 7.62. The number of nitrogens with one attached hydrogen (secondary N) is 1. The predicted octanol–water partition coefficient (Wildman–Crippen LogP) is 4.66. The molecule has 5 nitrogen and oxygen atoms in total. The molecule has 0 atom stereocenters. The van der Waals surface area contributed by atoms with Gasteiger partial charge in [0, 0.05) is 24.2 Å². The molecule has 1 saturated carbocycles. The van der Waals surface area contributed by atoms with E-state index in [9.17, 15) is 9.59 Å². The Morgan fingerprint density at radius 2 is 1.67 bits per heavy atom. The van der Waals surface area contributed by atoms with Gasteiger partial charge in [-0.25, -0.2) is 4.79 Å². The van der Waals surface area contributed by atoms with Gasteiger partial charge < -0.3 is 9.88 Å². The lowest BCUT2D eigenvalue weighted by molar-refractivity contribution is -0.138. The number of nitrogens with zero attached hydrogens (tertiary/aromatic N) is 2. The maximum atomic E-state index is 13.7. The topological polar surface area (TPSA) is 58.1 Å². The predicted molar refractivity (Wildman–Crippen MR) is 119 cm³/mol. The molecule has 2 aliphatic rings. The SMILES string of the molecule is O=C(N1CCC(n2c(=O)[nH]c3ccccc32)CC1)C1(c2ccc(Cl)cc2)CCCC1. The largest absolute Gasteiger partial charge is 0.342 e. The Labute approximate surface area is 180 Å². The summed E-state index contributed by atoms with van der Waals surface area (Å²) in [6, 6.07) is 15.7. The molecule has 1 saturated heterocycles. The van der Waals surface area contributed by atoms with Crippen molar-refractivity contribution in [2.75, 3.05) is 13.1 Å². The number of aromatic amines is 1. The van der Waals surface area contributed by atoms with Gasteiger partial charge in [-0.15, -0.1) is 0 Å². The Bertz CT molecular complexity index is 1120. The highest BCUT2D eigenvalue weighted by Gasteiger charge is 2.45. The van der Waals surface area contributed by atoms with Crippen LogP contribution in [0.1, 0.15) is 50.1 Å². The van der Waals surface area contributed by atoms with Crippen molar-refractivity contribution in [1.29, 1.82) is 0 Å². The van der Waals surface area contributed by atoms with E-state index in [2.05, 4.69) is 4.98 Å². The van der Waals surface area contributed by atoms with Crippen LogP contribution in [0.2, 0.25) is 5.02 Å². The normalized spacial score (nSPS) is 19.4. The molecule has 0 spiro atoms. The average molecular weight is 424 g/mol. The summed E-state index contributed by atoms with van der Waals surface area (Å²) in [4.78, 5) is 31.2. The number of para-hydroxylation sites is 2. The van der Waals surface area contributed by atoms with E-state index in [1.54, 1.807) is 0 Å². The van der Waals surface area contributed by atoms with Crippen molar-refractivity contribution < 1.29 is 4.79 Å². The molecular weight excluding hydrogens is 398 g/mol. The molecule has 1 aliphatic heterocycles. The maximum Gasteiger partial charge on any atom is 0.326 e. The van der Waals surface area contributed by atoms with Crippen molar-refractivity contribution in [3.8, 4) is 0 Å². The summed E-state index contributed by atoms with van der Waals surface area (Å²) in [5, 5.41) is 0.698. The van der Waals surface area contributed by atoms with Crippen LogP contribution in [0.5, 0.6) is 0 Å². The molecule has 5 rings (SSSR count). The Morgan fingerprint density at radius 1 is 1.00 bits per heavy atom. The molecule has 1 aliphatic carbocycles. The zero-order valence-corrected chi connectivity index (χ0v) is 17.7. The number of H-pyrrole nitrogens is 1. The molecule has 2 fully saturated rings. The minimum absolute atomic E-state index is 0.0607. The van der Waals surface area contributed by atoms with Crippen molar-refractivity contribution in [3.63, 3.8) is 0 Å². The molecule has 3 aromatic rings. The van der Waals surface area contributed by atoms with Gasteiger partial charge in [-0.05, 0) is 55.5 Å². The number of carbonyl (C=O) groups excluding carboxylic acids is 1. The Hall–Kier alpha value is -2.53. The third kappa shape index (κ3) is 3.16. The van der Waals surface area contributed by atoms with Crippen molar-refractivity contribution in [3.05, 3.63) is 69.6 Å². The maximum absolute atomic E-state index is 13.7. The minimum Gasteiger partial charge on any atom is -0.342 e. The molecule has 2 aromatic carbocycles. The van der Waals surface area contributed by atoms with Crippen LogP contribution in [0.15, 0.2) is 53.3 Å². The first-order valence-corrected chi connectivity index (χ1v) is 11.2. The van der Waals surface area contributed by atoms with Gasteiger partial charge in [-0.1, -0.05) is 48.7 Å². The van der Waals surface area contributed by atoms with Gasteiger partial charge in [-0.2, -0.15) is 0 Å². The van der Waals surface area contributed by atoms with Crippen LogP contribution in [-0.2, 0) is 10.2 Å². The van der Waals surface area contributed by atoms with Gasteiger partial charge in [0.05, 0.1) is 16.4 Å². The summed E-state index contributed by atoms with van der Waals surface area (Å²) in [5.74, 6) is 0.243. The number of hydrogen-bond acceptors (Lipinski definition) is 2. The monoisotopic (exact) mass is 423 g/mol. The van der Waals surface area contributed by atoms with E-state index < -0.39 is 5.41 Å². The Kier molecular flexibility index (Phi) is 4.94. The average Bonchev–Trinajstić information content (AvgIpc) is 3.39. The number of carbonyl (C=O) groups is 1. The van der Waals surface area contributed by atoms with Crippen molar-refractivity contribution in [2.45, 2.75) is 50.0 Å². The quantitative estimate of drug-likeness (QED) is 0.666. The second-order valence-corrected chi connectivity index (χ2v) is 9.07. The van der Waals surface area contributed by atoms with Crippen LogP contribution in [-0.4, -0.2) is 33.4 Å². The first kappa shape index (κ1) is 19.4. The summed E-state index contributed by atoms with van der Waals surface area (Å²) in [7, 11) is 0. The highest BCUT2D eigenvalue weighted by Crippen LogP contribution is 2.43. The fourth-order valence-electron chi connectivity index (χ4n) is 5.44. The van der Waals surface area contributed by atoms with Crippen LogP contribution in [0.4, 0.5) is 0 Å². The molecule has 0 unspecified atom stereocenters. The van der Waals surface area contributed by atoms with Crippen molar-refractivity contribution in [2.24, 2.45) is 0 Å². The van der Waals surface area contributed by atoms with Crippen LogP contribution >= 0.6 is 11.6 Å². The molecule has 30 heavy (non-hydrogen) atoms. The highest BCUT2D eigenvalue weighted by atomic mass is 35.5. The molecule has 0 radical (unpaired) electrons. The summed E-state index contributed by atoms with van der Waals surface area (Å²) < 4.78 is 1.88. The van der Waals surface area contributed by atoms with Crippen LogP contribution < -0.4 is 5.69 Å². The fraction of sp³-hybridized carbons (Fsp3) is 0.417. The standard InChI is InChI=1S/C24H26ClN3O2/c25-18-9-7-17(8-10-18)24(13-3-4-14-24)22(29)27-15-11-19(12-16-27)28-21-6-2-1-5-20(21)26-23(28)30/h1-2,5-10,19H,3-4,11-16H2,(H,26,30). The summed E-state index contributed by atoms with van der Waals surface area (Å²) in [6.07, 6.45) is 5.55. The lowest BCUT2D eigenvalue weighted by Gasteiger charge is -2.39. The lowest BCUT2D eigenvalue weighted by atomic mass is 9.77. The van der Waals surface area contributed by atoms with E-state index in [0.29, 0.717) is 18.1 Å². The van der Waals surface area contributed by atoms with Crippen LogP contribution in [0, 0.1) is 0 Å². The van der Waals surface area contributed by atoms with Crippen molar-refractivity contribution in [1.82, 2.24) is 14.5 Å². The summed E-state index contributed by atoms with van der Waals surface area (Å²) in [6.45, 7) is 1.37. The number of aromatic nitrogens is 2. The Morgan fingerprint density at radius 3 is 2.37 bits per heavy atom. The van der Waals surface area contributed by atoms with Gasteiger partial charge >= 0.3 is 5.69 Å². The molecule has 6 heteroatoms. The van der Waals surface area contributed by atoms with E-state index in [-0.39, 0.29) is 17.6 Å². The molecule has 156 valence electrons. The highest BCUT2D eigenvalue weighted by molar-refractivity contribution is 6.30. The number of rotatable bonds is 3. The van der Waals surface area contributed by atoms with Gasteiger partial charge in [-0.3, -0.25) is 9.36 Å². The molecule has 1 amide bonds. The third-order valence-electron chi connectivity index (χ3n) is 7.00. The third-order valence-corrected chi connectivity index (χ3v) is 7.26. The Balaban J connectivity index is 1.37. The molecule has 1 aromatic heterocycles. The molecule has 1 N–H and O–H groups in total.